The van der Waals surface area contributed by atoms with Gasteiger partial charge in [0.05, 0.1) is 17.3 Å². The Labute approximate surface area is 195 Å². The summed E-state index contributed by atoms with van der Waals surface area (Å²) in [6.07, 6.45) is 3.12. The van der Waals surface area contributed by atoms with Crippen molar-refractivity contribution in [2.75, 3.05) is 6.61 Å². The zero-order valence-corrected chi connectivity index (χ0v) is 19.6. The number of cyclic esters (lactones) is 1. The summed E-state index contributed by atoms with van der Waals surface area (Å²) in [7, 11) is 0. The van der Waals surface area contributed by atoms with Crippen LogP contribution in [0.15, 0.2) is 78.8 Å². The normalized spacial score (nSPS) is 14.5. The summed E-state index contributed by atoms with van der Waals surface area (Å²) in [5.41, 5.74) is 1.90. The van der Waals surface area contributed by atoms with Crippen LogP contribution in [0.4, 0.5) is 0 Å². The van der Waals surface area contributed by atoms with E-state index in [0.29, 0.717) is 40.5 Å². The lowest BCUT2D eigenvalue weighted by molar-refractivity contribution is -0.130. The summed E-state index contributed by atoms with van der Waals surface area (Å²) in [6, 6.07) is 14.9. The van der Waals surface area contributed by atoms with Gasteiger partial charge in [-0.05, 0) is 76.5 Å². The lowest BCUT2D eigenvalue weighted by Crippen LogP contribution is -2.04. The van der Waals surface area contributed by atoms with Crippen LogP contribution in [0.3, 0.4) is 0 Å². The number of carbonyl (C=O) groups excluding carboxylic acids is 1. The van der Waals surface area contributed by atoms with Gasteiger partial charge in [0.15, 0.2) is 23.0 Å². The molecule has 0 unspecified atom stereocenters. The van der Waals surface area contributed by atoms with E-state index in [-0.39, 0.29) is 11.6 Å². The zero-order valence-electron chi connectivity index (χ0n) is 16.4. The van der Waals surface area contributed by atoms with E-state index in [9.17, 15) is 4.79 Å². The third kappa shape index (κ3) is 5.08. The third-order valence-electron chi connectivity index (χ3n) is 4.26. The molecule has 2 heterocycles. The number of hydrogen-bond acceptors (Lipinski definition) is 6. The molecule has 0 saturated carbocycles. The number of ether oxygens (including phenoxy) is 3. The number of benzene rings is 2. The molecule has 2 aromatic carbocycles. The molecule has 0 spiro atoms. The molecule has 31 heavy (non-hydrogen) atoms. The quantitative estimate of drug-likeness (QED) is 0.263. The lowest BCUT2D eigenvalue weighted by Gasteiger charge is -2.15. The lowest BCUT2D eigenvalue weighted by atomic mass is 10.1. The van der Waals surface area contributed by atoms with Crippen LogP contribution in [0.5, 0.6) is 11.5 Å². The van der Waals surface area contributed by atoms with Gasteiger partial charge in [0.1, 0.15) is 6.61 Å². The SMILES string of the molecule is CCOc1cc(/C=C2\N=C(c3ccco3)OC2=O)cc(Br)c1OCc1cccc(Br)c1. The predicted molar refractivity (Wildman–Crippen MR) is 123 cm³/mol. The molecule has 0 saturated heterocycles. The van der Waals surface area contributed by atoms with Crippen LogP contribution in [-0.4, -0.2) is 18.5 Å². The largest absolute Gasteiger partial charge is 0.490 e. The molecule has 3 aromatic rings. The second-order valence-corrected chi connectivity index (χ2v) is 8.26. The maximum Gasteiger partial charge on any atom is 0.363 e. The molecule has 0 fully saturated rings. The van der Waals surface area contributed by atoms with Crippen molar-refractivity contribution in [3.8, 4) is 11.5 Å². The number of furan rings is 1. The molecule has 158 valence electrons. The predicted octanol–water partition coefficient (Wildman–Crippen LogP) is 6.13. The van der Waals surface area contributed by atoms with Crippen molar-refractivity contribution in [3.05, 3.63) is 86.3 Å². The maximum atomic E-state index is 12.2. The van der Waals surface area contributed by atoms with E-state index in [1.807, 2.05) is 37.3 Å². The first kappa shape index (κ1) is 21.4. The van der Waals surface area contributed by atoms with E-state index in [1.54, 1.807) is 24.3 Å². The van der Waals surface area contributed by atoms with Crippen LogP contribution in [0, 0.1) is 0 Å². The number of carbonyl (C=O) groups is 1. The summed E-state index contributed by atoms with van der Waals surface area (Å²) >= 11 is 7.02. The smallest absolute Gasteiger partial charge is 0.363 e. The number of aliphatic imine (C=N–C) groups is 1. The van der Waals surface area contributed by atoms with E-state index in [0.717, 1.165) is 10.0 Å². The molecule has 0 N–H and O–H groups in total. The minimum absolute atomic E-state index is 0.138. The first-order chi connectivity index (χ1) is 15.0. The second kappa shape index (κ2) is 9.53. The zero-order chi connectivity index (χ0) is 21.8. The number of nitrogens with zero attached hydrogens (tertiary/aromatic N) is 1. The topological polar surface area (TPSA) is 70.3 Å². The third-order valence-corrected chi connectivity index (χ3v) is 5.34. The van der Waals surface area contributed by atoms with E-state index >= 15 is 0 Å². The Morgan fingerprint density at radius 1 is 1.10 bits per heavy atom. The Bertz CT molecular complexity index is 1170. The van der Waals surface area contributed by atoms with E-state index < -0.39 is 5.97 Å². The summed E-state index contributed by atoms with van der Waals surface area (Å²) in [6.45, 7) is 2.73. The van der Waals surface area contributed by atoms with Gasteiger partial charge in [0.2, 0.25) is 0 Å². The van der Waals surface area contributed by atoms with Crippen LogP contribution >= 0.6 is 31.9 Å². The molecule has 1 aliphatic rings. The summed E-state index contributed by atoms with van der Waals surface area (Å²) < 4.78 is 23.9. The van der Waals surface area contributed by atoms with Crippen LogP contribution in [0.2, 0.25) is 0 Å². The molecule has 0 atom stereocenters. The Kier molecular flexibility index (Phi) is 6.58. The average Bonchev–Trinajstić information content (AvgIpc) is 3.38. The first-order valence-electron chi connectivity index (χ1n) is 9.43. The van der Waals surface area contributed by atoms with Crippen LogP contribution in [0.25, 0.3) is 6.08 Å². The standard InChI is InChI=1S/C23H17Br2NO5/c1-2-28-20-12-15(11-18-23(27)31-22(26-18)19-7-4-8-29-19)10-17(25)21(20)30-13-14-5-3-6-16(24)9-14/h3-12H,2,13H2,1H3/b18-11-. The van der Waals surface area contributed by atoms with E-state index in [2.05, 4.69) is 36.9 Å². The highest BCUT2D eigenvalue weighted by Crippen LogP contribution is 2.38. The highest BCUT2D eigenvalue weighted by atomic mass is 79.9. The molecule has 0 aliphatic carbocycles. The fraction of sp³-hybridized carbons (Fsp3) is 0.130. The van der Waals surface area contributed by atoms with Crippen LogP contribution in [0.1, 0.15) is 23.8 Å². The van der Waals surface area contributed by atoms with E-state index in [4.69, 9.17) is 18.6 Å². The molecule has 0 bridgehead atoms. The van der Waals surface area contributed by atoms with Gasteiger partial charge in [0, 0.05) is 4.47 Å². The summed E-state index contributed by atoms with van der Waals surface area (Å²) in [4.78, 5) is 16.5. The van der Waals surface area contributed by atoms with Crippen molar-refractivity contribution in [3.63, 3.8) is 0 Å². The fourth-order valence-corrected chi connectivity index (χ4v) is 3.95. The molecule has 1 aliphatic heterocycles. The van der Waals surface area contributed by atoms with Crippen molar-refractivity contribution < 1.29 is 23.4 Å². The van der Waals surface area contributed by atoms with Crippen LogP contribution in [-0.2, 0) is 16.1 Å². The van der Waals surface area contributed by atoms with Crippen molar-refractivity contribution in [2.24, 2.45) is 4.99 Å². The molecule has 0 radical (unpaired) electrons. The van der Waals surface area contributed by atoms with Gasteiger partial charge >= 0.3 is 5.97 Å². The Balaban J connectivity index is 1.61. The minimum atomic E-state index is -0.546. The van der Waals surface area contributed by atoms with Crippen molar-refractivity contribution in [1.29, 1.82) is 0 Å². The molecular weight excluding hydrogens is 530 g/mol. The van der Waals surface area contributed by atoms with Crippen molar-refractivity contribution in [1.82, 2.24) is 0 Å². The van der Waals surface area contributed by atoms with Gasteiger partial charge in [-0.25, -0.2) is 9.79 Å². The first-order valence-corrected chi connectivity index (χ1v) is 11.0. The molecule has 1 aromatic heterocycles. The van der Waals surface area contributed by atoms with Gasteiger partial charge in [-0.3, -0.25) is 0 Å². The van der Waals surface area contributed by atoms with Gasteiger partial charge in [-0.2, -0.15) is 0 Å². The highest BCUT2D eigenvalue weighted by molar-refractivity contribution is 9.10. The van der Waals surface area contributed by atoms with Crippen molar-refractivity contribution in [2.45, 2.75) is 13.5 Å². The van der Waals surface area contributed by atoms with Gasteiger partial charge < -0.3 is 18.6 Å². The number of halogens is 2. The Morgan fingerprint density at radius 3 is 2.71 bits per heavy atom. The Hall–Kier alpha value is -2.84. The van der Waals surface area contributed by atoms with Gasteiger partial charge in [0.25, 0.3) is 5.90 Å². The summed E-state index contributed by atoms with van der Waals surface area (Å²) in [5.74, 6) is 1.12. The fourth-order valence-electron chi connectivity index (χ4n) is 2.93. The van der Waals surface area contributed by atoms with E-state index in [1.165, 1.54) is 6.26 Å². The summed E-state index contributed by atoms with van der Waals surface area (Å²) in [5, 5.41) is 0. The molecule has 0 amide bonds. The minimum Gasteiger partial charge on any atom is -0.490 e. The second-order valence-electron chi connectivity index (χ2n) is 6.49. The highest BCUT2D eigenvalue weighted by Gasteiger charge is 2.26. The van der Waals surface area contributed by atoms with Crippen molar-refractivity contribution >= 4 is 49.8 Å². The molecule has 4 rings (SSSR count). The van der Waals surface area contributed by atoms with Gasteiger partial charge in [-0.1, -0.05) is 28.1 Å². The average molecular weight is 547 g/mol. The monoisotopic (exact) mass is 545 g/mol. The number of hydrogen-bond donors (Lipinski definition) is 0. The molecule has 8 heteroatoms. The molecular formula is C23H17Br2NO5. The molecule has 6 nitrogen and oxygen atoms in total. The number of rotatable bonds is 7. The Morgan fingerprint density at radius 2 is 1.97 bits per heavy atom. The van der Waals surface area contributed by atoms with Gasteiger partial charge in [-0.15, -0.1) is 0 Å². The van der Waals surface area contributed by atoms with Crippen LogP contribution < -0.4 is 9.47 Å². The maximum absolute atomic E-state index is 12.2. The number of esters is 1.